The first kappa shape index (κ1) is 26.0. The van der Waals surface area contributed by atoms with E-state index in [1.54, 1.807) is 29.4 Å². The number of rotatable bonds is 9. The van der Waals surface area contributed by atoms with Crippen LogP contribution in [-0.2, 0) is 16.1 Å². The predicted molar refractivity (Wildman–Crippen MR) is 135 cm³/mol. The summed E-state index contributed by atoms with van der Waals surface area (Å²) in [6, 6.07) is 4.07. The van der Waals surface area contributed by atoms with E-state index >= 15 is 0 Å². The molecule has 0 saturated heterocycles. The number of aliphatic hydroxyl groups excluding tert-OH is 2. The Bertz CT molecular complexity index is 1220. The predicted octanol–water partition coefficient (Wildman–Crippen LogP) is 1.94. The maximum atomic E-state index is 13.8. The molecule has 0 bridgehead atoms. The summed E-state index contributed by atoms with van der Waals surface area (Å²) < 4.78 is 16.9. The van der Waals surface area contributed by atoms with Crippen molar-refractivity contribution in [2.24, 2.45) is 5.92 Å². The summed E-state index contributed by atoms with van der Waals surface area (Å²) in [5, 5.41) is 23.7. The summed E-state index contributed by atoms with van der Waals surface area (Å²) in [6.07, 6.45) is 6.79. The minimum atomic E-state index is -1.18. The Balaban J connectivity index is 1.59. The summed E-state index contributed by atoms with van der Waals surface area (Å²) in [6.45, 7) is -0.0212. The van der Waals surface area contributed by atoms with Gasteiger partial charge in [0, 0.05) is 41.3 Å². The van der Waals surface area contributed by atoms with E-state index in [2.05, 4.69) is 5.32 Å². The molecular formula is C28H32N2O8. The second-order valence-electron chi connectivity index (χ2n) is 9.98. The van der Waals surface area contributed by atoms with Gasteiger partial charge >= 0.3 is 0 Å². The number of aldehydes is 1. The third kappa shape index (κ3) is 4.69. The van der Waals surface area contributed by atoms with Crippen molar-refractivity contribution in [1.82, 2.24) is 10.2 Å². The maximum absolute atomic E-state index is 13.8. The summed E-state index contributed by atoms with van der Waals surface area (Å²) in [5.74, 6) is -0.749. The van der Waals surface area contributed by atoms with E-state index in [1.165, 1.54) is 19.4 Å². The topological polar surface area (TPSA) is 139 Å². The highest BCUT2D eigenvalue weighted by Crippen LogP contribution is 2.51. The number of hydrogen-bond acceptors (Lipinski definition) is 8. The van der Waals surface area contributed by atoms with Crippen LogP contribution < -0.4 is 14.8 Å². The number of fused-ring (bicyclic) bond motifs is 3. The van der Waals surface area contributed by atoms with E-state index in [1.807, 2.05) is 0 Å². The number of carbonyl (C=O) groups excluding carboxylic acids is 3. The zero-order valence-electron chi connectivity index (χ0n) is 21.2. The number of nitrogens with zero attached hydrogens (tertiary/aromatic N) is 1. The van der Waals surface area contributed by atoms with Gasteiger partial charge in [-0.3, -0.25) is 14.4 Å². The molecule has 0 spiro atoms. The van der Waals surface area contributed by atoms with Gasteiger partial charge < -0.3 is 34.3 Å². The molecule has 1 aromatic heterocycles. The van der Waals surface area contributed by atoms with Crippen molar-refractivity contribution < 1.29 is 38.5 Å². The normalized spacial score (nSPS) is 24.1. The molecule has 2 aliphatic carbocycles. The number of nitrogens with one attached hydrogen (secondary N) is 1. The van der Waals surface area contributed by atoms with Gasteiger partial charge in [0.25, 0.3) is 0 Å². The van der Waals surface area contributed by atoms with Crippen LogP contribution in [0.2, 0.25) is 0 Å². The molecule has 1 aliphatic heterocycles. The monoisotopic (exact) mass is 524 g/mol. The Labute approximate surface area is 220 Å². The molecule has 2 amide bonds. The SMILES string of the molecule is COc1cc(C=O)cc2c1O[C@@H]1[C@@H](O)[C@H](N(Cc3ccoc3)C(=O)C3CCCC3)C=C(C(=O)NCCO)[C@H]21. The number of methoxy groups -OCH3 is 1. The molecule has 1 saturated carbocycles. The van der Waals surface area contributed by atoms with Crippen LogP contribution in [0, 0.1) is 5.92 Å². The second-order valence-corrected chi connectivity index (χ2v) is 9.98. The Kier molecular flexibility index (Phi) is 7.53. The Hall–Kier alpha value is -3.63. The second kappa shape index (κ2) is 11.0. The molecule has 3 aliphatic rings. The van der Waals surface area contributed by atoms with Crippen LogP contribution in [0.5, 0.6) is 11.5 Å². The highest BCUT2D eigenvalue weighted by Gasteiger charge is 2.52. The summed E-state index contributed by atoms with van der Waals surface area (Å²) in [4.78, 5) is 40.4. The first-order chi connectivity index (χ1) is 18.5. The van der Waals surface area contributed by atoms with Gasteiger partial charge in [0.2, 0.25) is 11.8 Å². The number of furan rings is 1. The van der Waals surface area contributed by atoms with Gasteiger partial charge in [0.15, 0.2) is 11.5 Å². The summed E-state index contributed by atoms with van der Waals surface area (Å²) >= 11 is 0. The molecule has 1 fully saturated rings. The smallest absolute Gasteiger partial charge is 0.247 e. The van der Waals surface area contributed by atoms with Crippen molar-refractivity contribution in [3.05, 3.63) is 59.1 Å². The van der Waals surface area contributed by atoms with E-state index < -0.39 is 30.1 Å². The largest absolute Gasteiger partial charge is 0.493 e. The quantitative estimate of drug-likeness (QED) is 0.423. The maximum Gasteiger partial charge on any atom is 0.247 e. The summed E-state index contributed by atoms with van der Waals surface area (Å²) in [7, 11) is 1.45. The van der Waals surface area contributed by atoms with Crippen LogP contribution in [0.3, 0.4) is 0 Å². The van der Waals surface area contributed by atoms with Crippen molar-refractivity contribution in [2.75, 3.05) is 20.3 Å². The molecule has 0 unspecified atom stereocenters. The molecule has 0 radical (unpaired) electrons. The van der Waals surface area contributed by atoms with Gasteiger partial charge in [-0.25, -0.2) is 0 Å². The zero-order chi connectivity index (χ0) is 26.8. The van der Waals surface area contributed by atoms with E-state index in [0.29, 0.717) is 34.5 Å². The molecule has 4 atom stereocenters. The van der Waals surface area contributed by atoms with Crippen molar-refractivity contribution in [3.63, 3.8) is 0 Å². The van der Waals surface area contributed by atoms with Crippen molar-refractivity contribution in [1.29, 1.82) is 0 Å². The first-order valence-corrected chi connectivity index (χ1v) is 12.9. The van der Waals surface area contributed by atoms with Gasteiger partial charge in [-0.15, -0.1) is 0 Å². The molecule has 2 aromatic rings. The number of amides is 2. The fraction of sp³-hybridized carbons (Fsp3) is 0.464. The van der Waals surface area contributed by atoms with Gasteiger partial charge in [0.05, 0.1) is 38.2 Å². The third-order valence-corrected chi connectivity index (χ3v) is 7.69. The van der Waals surface area contributed by atoms with Gasteiger partial charge in [-0.2, -0.15) is 0 Å². The lowest BCUT2D eigenvalue weighted by Crippen LogP contribution is -2.56. The van der Waals surface area contributed by atoms with Crippen molar-refractivity contribution >= 4 is 18.1 Å². The summed E-state index contributed by atoms with van der Waals surface area (Å²) in [5.41, 5.74) is 1.94. The van der Waals surface area contributed by atoms with Crippen LogP contribution in [0.4, 0.5) is 0 Å². The number of carbonyl (C=O) groups is 3. The van der Waals surface area contributed by atoms with E-state index in [0.717, 1.165) is 31.2 Å². The lowest BCUT2D eigenvalue weighted by Gasteiger charge is -2.41. The molecule has 202 valence electrons. The average Bonchev–Trinajstić information content (AvgIpc) is 3.71. The van der Waals surface area contributed by atoms with E-state index in [-0.39, 0.29) is 31.5 Å². The molecule has 38 heavy (non-hydrogen) atoms. The molecule has 10 heteroatoms. The van der Waals surface area contributed by atoms with Crippen molar-refractivity contribution in [3.8, 4) is 11.5 Å². The third-order valence-electron chi connectivity index (χ3n) is 7.69. The first-order valence-electron chi connectivity index (χ1n) is 12.9. The highest BCUT2D eigenvalue weighted by atomic mass is 16.5. The van der Waals surface area contributed by atoms with Crippen LogP contribution in [0.15, 0.2) is 46.8 Å². The van der Waals surface area contributed by atoms with E-state index in [9.17, 15) is 24.6 Å². The van der Waals surface area contributed by atoms with Gasteiger partial charge in [-0.05, 0) is 37.1 Å². The van der Waals surface area contributed by atoms with Gasteiger partial charge in [-0.1, -0.05) is 12.8 Å². The fourth-order valence-electron chi connectivity index (χ4n) is 5.88. The lowest BCUT2D eigenvalue weighted by molar-refractivity contribution is -0.142. The van der Waals surface area contributed by atoms with Crippen LogP contribution in [0.1, 0.15) is 53.1 Å². The van der Waals surface area contributed by atoms with Crippen LogP contribution >= 0.6 is 0 Å². The molecule has 10 nitrogen and oxygen atoms in total. The van der Waals surface area contributed by atoms with E-state index in [4.69, 9.17) is 13.9 Å². The minimum Gasteiger partial charge on any atom is -0.493 e. The molecule has 2 heterocycles. The number of benzene rings is 1. The highest BCUT2D eigenvalue weighted by molar-refractivity contribution is 5.96. The minimum absolute atomic E-state index is 0.0337. The molecule has 5 rings (SSSR count). The van der Waals surface area contributed by atoms with Crippen molar-refractivity contribution in [2.45, 2.75) is 56.4 Å². The standard InChI is InChI=1S/C28H32N2O8/c1-36-22-11-17(14-32)10-19-23-20(27(34)29-7-8-31)12-21(24(33)26(23)38-25(19)22)30(13-16-6-9-37-15-16)28(35)18-4-2-3-5-18/h6,9-12,14-15,18,21,23-24,26,31,33H,2-5,7-8,13H2,1H3,(H,29,34)/t21-,23+,24+,26+/m1/s1. The molecule has 1 aromatic carbocycles. The average molecular weight is 525 g/mol. The molecular weight excluding hydrogens is 492 g/mol. The fourth-order valence-corrected chi connectivity index (χ4v) is 5.88. The number of hydrogen-bond donors (Lipinski definition) is 3. The van der Waals surface area contributed by atoms with Crippen LogP contribution in [0.25, 0.3) is 0 Å². The zero-order valence-corrected chi connectivity index (χ0v) is 21.2. The van der Waals surface area contributed by atoms with Crippen LogP contribution in [-0.4, -0.2) is 71.7 Å². The number of ether oxygens (including phenoxy) is 2. The Morgan fingerprint density at radius 1 is 1.26 bits per heavy atom. The Morgan fingerprint density at radius 3 is 2.71 bits per heavy atom. The number of aliphatic hydroxyl groups is 2. The molecule has 3 N–H and O–H groups in total. The van der Waals surface area contributed by atoms with Gasteiger partial charge in [0.1, 0.15) is 18.5 Å². The Morgan fingerprint density at radius 2 is 2.05 bits per heavy atom. The lowest BCUT2D eigenvalue weighted by atomic mass is 9.77.